The lowest BCUT2D eigenvalue weighted by molar-refractivity contribution is -0.871. The quantitative estimate of drug-likeness (QED) is 0.00664. The minimum absolute atomic E-state index is 0.0419. The van der Waals surface area contributed by atoms with Crippen molar-refractivity contribution >= 4 is 70.0 Å². The molecule has 0 bridgehead atoms. The Morgan fingerprint density at radius 3 is 2.21 bits per heavy atom. The van der Waals surface area contributed by atoms with E-state index in [1.807, 2.05) is 24.3 Å². The van der Waals surface area contributed by atoms with E-state index in [1.54, 1.807) is 12.1 Å². The zero-order chi connectivity index (χ0) is 72.1. The van der Waals surface area contributed by atoms with Crippen LogP contribution in [0.5, 0.6) is 5.75 Å². The van der Waals surface area contributed by atoms with Gasteiger partial charge in [-0.25, -0.2) is 14.8 Å². The van der Waals surface area contributed by atoms with Crippen molar-refractivity contribution in [3.63, 3.8) is 0 Å². The summed E-state index contributed by atoms with van der Waals surface area (Å²) in [5.74, 6) is -1.03. The lowest BCUT2D eigenvalue weighted by Crippen LogP contribution is -2.42. The van der Waals surface area contributed by atoms with E-state index in [0.29, 0.717) is 42.9 Å². The molecule has 0 spiro atoms. The molecule has 2 aliphatic heterocycles. The van der Waals surface area contributed by atoms with Crippen LogP contribution >= 0.6 is 0 Å². The third-order valence-electron chi connectivity index (χ3n) is 18.8. The highest BCUT2D eigenvalue weighted by Gasteiger charge is 2.45. The number of hydrogen-bond donors (Lipinski definition) is 7. The van der Waals surface area contributed by atoms with Crippen LogP contribution in [-0.2, 0) is 47.7 Å². The molecule has 0 saturated carbocycles. The molecule has 22 heteroatoms. The van der Waals surface area contributed by atoms with E-state index < -0.39 is 35.6 Å². The number of aromatic amines is 1. The number of unbranched alkanes of at least 4 members (excludes halogenated alkanes) is 1. The van der Waals surface area contributed by atoms with Gasteiger partial charge in [0.1, 0.15) is 17.6 Å². The molecule has 8 N–H and O–H groups in total. The fraction of sp³-hybridized carbons (Fsp3) is 0.436. The molecular formula is C78H102N13O9+3. The first-order chi connectivity index (χ1) is 47.5. The van der Waals surface area contributed by atoms with Crippen molar-refractivity contribution in [1.82, 2.24) is 35.9 Å². The number of nitrogens with two attached hydrogens (primary N) is 1. The van der Waals surface area contributed by atoms with Crippen LogP contribution in [0.15, 0.2) is 143 Å². The molecule has 0 radical (unpaired) electrons. The molecule has 22 nitrogen and oxygen atoms in total. The highest BCUT2D eigenvalue weighted by molar-refractivity contribution is 6.03. The first-order valence-electron chi connectivity index (χ1n) is 34.9. The molecule has 0 fully saturated rings. The van der Waals surface area contributed by atoms with Gasteiger partial charge in [-0.1, -0.05) is 61.4 Å². The second-order valence-corrected chi connectivity index (χ2v) is 29.7. The second-order valence-electron chi connectivity index (χ2n) is 29.7. The minimum Gasteiger partial charge on any atom is -0.480 e. The van der Waals surface area contributed by atoms with Gasteiger partial charge in [-0.2, -0.15) is 9.56 Å². The molecule has 9 rings (SSSR count). The maximum atomic E-state index is 13.2. The van der Waals surface area contributed by atoms with Crippen molar-refractivity contribution in [3.05, 3.63) is 187 Å². The van der Waals surface area contributed by atoms with Gasteiger partial charge in [-0.15, -0.1) is 0 Å². The summed E-state index contributed by atoms with van der Waals surface area (Å²) in [6.45, 7) is 18.4. The third kappa shape index (κ3) is 19.6. The molecule has 1 aliphatic carbocycles. The average molecular weight is 1370 g/mol. The number of amides is 3. The smallest absolute Gasteiger partial charge is 0.326 e. The van der Waals surface area contributed by atoms with Crippen molar-refractivity contribution in [3.8, 4) is 5.75 Å². The Kier molecular flexibility index (Phi) is 24.2. The minimum atomic E-state index is -1.22. The predicted molar refractivity (Wildman–Crippen MR) is 392 cm³/mol. The van der Waals surface area contributed by atoms with Crippen LogP contribution in [0.25, 0.3) is 11.2 Å². The number of quaternary nitrogens is 2. The van der Waals surface area contributed by atoms with Crippen molar-refractivity contribution in [2.75, 3.05) is 91.0 Å². The number of rotatable bonds is 33. The number of carbonyl (C=O) groups is 5. The summed E-state index contributed by atoms with van der Waals surface area (Å²) in [6, 6.07) is 26.9. The lowest BCUT2D eigenvalue weighted by atomic mass is 9.80. The van der Waals surface area contributed by atoms with E-state index in [9.17, 15) is 33.9 Å². The van der Waals surface area contributed by atoms with Gasteiger partial charge >= 0.3 is 5.97 Å². The molecule has 3 aliphatic rings. The van der Waals surface area contributed by atoms with Crippen molar-refractivity contribution in [1.29, 1.82) is 0 Å². The Bertz CT molecular complexity index is 4210. The van der Waals surface area contributed by atoms with Gasteiger partial charge in [-0.3, -0.25) is 29.0 Å². The topological polar surface area (TPSA) is 276 Å². The molecule has 4 heterocycles. The Labute approximate surface area is 587 Å². The number of benzene rings is 4. The van der Waals surface area contributed by atoms with Gasteiger partial charge in [0, 0.05) is 84.5 Å². The van der Waals surface area contributed by atoms with Crippen LogP contribution < -0.4 is 42.2 Å². The Hall–Kier alpha value is -9.80. The molecular weight excluding hydrogens is 1260 g/mol. The molecule has 6 aromatic rings. The number of H-pyrrole nitrogens is 1. The number of ether oxygens (including phenoxy) is 2. The normalized spacial score (nSPS) is 16.4. The average Bonchev–Trinajstić information content (AvgIpc) is 1.60. The molecule has 2 atom stereocenters. The first-order valence-corrected chi connectivity index (χ1v) is 34.9. The van der Waals surface area contributed by atoms with E-state index in [-0.39, 0.29) is 78.1 Å². The summed E-state index contributed by atoms with van der Waals surface area (Å²) < 4.78 is 16.5. The number of aromatic nitrogens is 4. The SMILES string of the molecule is Cc1ccc2c(c1)C(C)(C)C(/C=C/C1=C(Oc3ccc(CCC(=O)NCCCC[C@H](NC(=O)CC[C@H](NC(=O)c4ccc(NCc5cnc6nc(N)[nH]c(=O)c6n5)cc4)OC=O)C(=O)O)cc3)C(=C/C=C3/N(CCC[N+](C)(C)C)c4ccc(C)cc4C3(C)C)/CCC1)=[N+]2CCC[N+](C)(C)C. The second kappa shape index (κ2) is 32.5. The fourth-order valence-electron chi connectivity index (χ4n) is 13.3. The number of carbonyl (C=O) groups excluding carboxylic acids is 4. The van der Waals surface area contributed by atoms with Crippen LogP contribution in [0.2, 0.25) is 0 Å². The van der Waals surface area contributed by atoms with Gasteiger partial charge in [0.05, 0.1) is 85.6 Å². The van der Waals surface area contributed by atoms with Gasteiger partial charge < -0.3 is 55.4 Å². The maximum Gasteiger partial charge on any atom is 0.326 e. The van der Waals surface area contributed by atoms with Gasteiger partial charge in [0.15, 0.2) is 29.6 Å². The number of nitrogen functional groups attached to an aromatic ring is 1. The first kappa shape index (κ1) is 74.4. The Morgan fingerprint density at radius 1 is 0.790 bits per heavy atom. The molecule has 0 unspecified atom stereocenters. The molecule has 530 valence electrons. The number of aliphatic carboxylic acids is 1. The highest BCUT2D eigenvalue weighted by Crippen LogP contribution is 2.49. The molecule has 3 amide bonds. The number of hydrogen-bond acceptors (Lipinski definition) is 14. The van der Waals surface area contributed by atoms with Gasteiger partial charge in [0.25, 0.3) is 17.9 Å². The van der Waals surface area contributed by atoms with E-state index in [2.05, 4.69) is 195 Å². The van der Waals surface area contributed by atoms with E-state index in [0.717, 1.165) is 89.7 Å². The summed E-state index contributed by atoms with van der Waals surface area (Å²) in [4.78, 5) is 92.6. The Balaban J connectivity index is 0.796. The van der Waals surface area contributed by atoms with Crippen molar-refractivity contribution in [2.24, 2.45) is 0 Å². The summed E-state index contributed by atoms with van der Waals surface area (Å²) in [5.41, 5.74) is 19.7. The maximum absolute atomic E-state index is 13.2. The van der Waals surface area contributed by atoms with Crippen molar-refractivity contribution < 1.29 is 52.1 Å². The predicted octanol–water partition coefficient (Wildman–Crippen LogP) is 10.3. The number of carboxylic acid groups (broad SMARTS) is 1. The van der Waals surface area contributed by atoms with E-state index in [1.165, 1.54) is 63.4 Å². The number of aryl methyl sites for hydroxylation is 3. The van der Waals surface area contributed by atoms with Crippen LogP contribution in [-0.4, -0.2) is 162 Å². The van der Waals surface area contributed by atoms with Crippen LogP contribution in [0.4, 0.5) is 23.0 Å². The van der Waals surface area contributed by atoms with E-state index >= 15 is 0 Å². The number of anilines is 3. The summed E-state index contributed by atoms with van der Waals surface area (Å²) in [7, 11) is 13.5. The largest absolute Gasteiger partial charge is 0.480 e. The molecule has 2 aromatic heterocycles. The number of nitrogens with one attached hydrogen (secondary N) is 5. The number of allylic oxidation sites excluding steroid dienone is 7. The van der Waals surface area contributed by atoms with Crippen molar-refractivity contribution in [2.45, 2.75) is 148 Å². The lowest BCUT2D eigenvalue weighted by Gasteiger charge is -2.29. The standard InChI is InChI=1S/C78H99N13O9/c1-51-21-34-63-60(46-51)77(3,4)65(88(63)42-16-44-90(7,8)9)36-28-54-18-15-19-55(29-37-66-78(5,6)61-47-52(2)22-35-64(61)89(66)43-17-45-91(10,11)12)71(54)100-59-32-23-53(24-33-59)25-38-67(93)80-41-14-13-20-62(75(97)98)84-68(94)39-40-69(99-50-92)85-73(95)56-26-30-57(31-27-56)81-48-58-49-82-72-70(83-58)74(96)87-76(79)86-72/h21-24,26-37,46-47,49-50,62,69H,13-20,25,38-45,48H2,1-12H3,(H5-3,79,80,81,82,84,85,86,87,93,94,95,96,97,98)/p+3/t62-,69+/m0/s1. The number of carboxylic acids is 1. The zero-order valence-electron chi connectivity index (χ0n) is 60.4. The third-order valence-corrected chi connectivity index (χ3v) is 18.8. The zero-order valence-corrected chi connectivity index (χ0v) is 60.4. The van der Waals surface area contributed by atoms with Crippen LogP contribution in [0.3, 0.4) is 0 Å². The number of fused-ring (bicyclic) bond motifs is 3. The van der Waals surface area contributed by atoms with E-state index in [4.69, 9.17) is 15.2 Å². The molecule has 100 heavy (non-hydrogen) atoms. The fourth-order valence-corrected chi connectivity index (χ4v) is 13.3. The number of nitrogens with zero attached hydrogens (tertiary/aromatic N) is 7. The monoisotopic (exact) mass is 1360 g/mol. The van der Waals surface area contributed by atoms with Crippen LogP contribution in [0, 0.1) is 13.8 Å². The highest BCUT2D eigenvalue weighted by atomic mass is 16.5. The summed E-state index contributed by atoms with van der Waals surface area (Å²) in [5, 5.41) is 21.2. The van der Waals surface area contributed by atoms with Crippen LogP contribution in [0.1, 0.15) is 142 Å². The Morgan fingerprint density at radius 2 is 1.50 bits per heavy atom. The summed E-state index contributed by atoms with van der Waals surface area (Å²) >= 11 is 0. The summed E-state index contributed by atoms with van der Waals surface area (Å²) in [6.07, 6.45) is 15.8. The van der Waals surface area contributed by atoms with Gasteiger partial charge in [-0.05, 0) is 156 Å². The van der Waals surface area contributed by atoms with Gasteiger partial charge in [0.2, 0.25) is 23.5 Å². The molecule has 0 saturated heterocycles. The molecule has 4 aromatic carbocycles.